The van der Waals surface area contributed by atoms with Crippen LogP contribution in [-0.2, 0) is 12.8 Å². The molecule has 1 amide bonds. The number of hydrogen-bond donors (Lipinski definition) is 2. The van der Waals surface area contributed by atoms with Crippen molar-refractivity contribution in [2.24, 2.45) is 0 Å². The number of pyridine rings is 1. The molecule has 1 heterocycles. The van der Waals surface area contributed by atoms with Crippen LogP contribution in [0.2, 0.25) is 5.02 Å². The van der Waals surface area contributed by atoms with Crippen molar-refractivity contribution >= 4 is 23.2 Å². The number of benzene rings is 2. The van der Waals surface area contributed by atoms with Gasteiger partial charge in [0, 0.05) is 18.1 Å². The highest BCUT2D eigenvalue weighted by Crippen LogP contribution is 2.11. The SMILES string of the molecule is O=C(NCCc1ccc(F)cc1)c1ccc(NCCc2ccc(Cl)cc2)cn1. The number of anilines is 1. The Kier molecular flexibility index (Phi) is 6.98. The first kappa shape index (κ1) is 19.8. The summed E-state index contributed by atoms with van der Waals surface area (Å²) in [5, 5.41) is 6.84. The highest BCUT2D eigenvalue weighted by atomic mass is 35.5. The lowest BCUT2D eigenvalue weighted by Crippen LogP contribution is -2.26. The molecule has 28 heavy (non-hydrogen) atoms. The molecule has 2 N–H and O–H groups in total. The van der Waals surface area contributed by atoms with E-state index in [9.17, 15) is 9.18 Å². The number of halogens is 2. The van der Waals surface area contributed by atoms with Crippen LogP contribution in [0.15, 0.2) is 66.9 Å². The van der Waals surface area contributed by atoms with Crippen LogP contribution in [-0.4, -0.2) is 24.0 Å². The van der Waals surface area contributed by atoms with Crippen molar-refractivity contribution in [2.75, 3.05) is 18.4 Å². The summed E-state index contributed by atoms with van der Waals surface area (Å²) in [6, 6.07) is 17.5. The molecule has 4 nitrogen and oxygen atoms in total. The van der Waals surface area contributed by atoms with Gasteiger partial charge in [-0.05, 0) is 60.4 Å². The largest absolute Gasteiger partial charge is 0.383 e. The van der Waals surface area contributed by atoms with Crippen LogP contribution < -0.4 is 10.6 Å². The highest BCUT2D eigenvalue weighted by molar-refractivity contribution is 6.30. The summed E-state index contributed by atoms with van der Waals surface area (Å²) in [4.78, 5) is 16.4. The van der Waals surface area contributed by atoms with Crippen molar-refractivity contribution in [1.29, 1.82) is 0 Å². The summed E-state index contributed by atoms with van der Waals surface area (Å²) < 4.78 is 12.9. The van der Waals surface area contributed by atoms with Gasteiger partial charge in [-0.15, -0.1) is 0 Å². The monoisotopic (exact) mass is 397 g/mol. The quantitative estimate of drug-likeness (QED) is 0.588. The molecule has 0 fully saturated rings. The van der Waals surface area contributed by atoms with Crippen LogP contribution in [0.5, 0.6) is 0 Å². The standard InChI is InChI=1S/C22H21ClFN3O/c23-18-5-1-16(2-6-18)11-13-25-20-9-10-21(27-15-20)22(28)26-14-12-17-3-7-19(24)8-4-17/h1-10,15,25H,11-14H2,(H,26,28). The van der Waals surface area contributed by atoms with Gasteiger partial charge in [0.15, 0.2) is 0 Å². The lowest BCUT2D eigenvalue weighted by Gasteiger charge is -2.08. The minimum absolute atomic E-state index is 0.227. The first-order chi connectivity index (χ1) is 13.6. The smallest absolute Gasteiger partial charge is 0.269 e. The average molecular weight is 398 g/mol. The van der Waals surface area contributed by atoms with E-state index in [0.717, 1.165) is 29.2 Å². The van der Waals surface area contributed by atoms with E-state index in [1.54, 1.807) is 24.4 Å². The summed E-state index contributed by atoms with van der Waals surface area (Å²) in [5.74, 6) is -0.492. The fraction of sp³-hybridized carbons (Fsp3) is 0.182. The van der Waals surface area contributed by atoms with Gasteiger partial charge < -0.3 is 10.6 Å². The Hall–Kier alpha value is -2.92. The minimum Gasteiger partial charge on any atom is -0.383 e. The fourth-order valence-electron chi connectivity index (χ4n) is 2.70. The van der Waals surface area contributed by atoms with E-state index < -0.39 is 0 Å². The van der Waals surface area contributed by atoms with Crippen molar-refractivity contribution in [1.82, 2.24) is 10.3 Å². The van der Waals surface area contributed by atoms with Crippen molar-refractivity contribution in [3.05, 3.63) is 94.5 Å². The molecule has 0 unspecified atom stereocenters. The van der Waals surface area contributed by atoms with Crippen molar-refractivity contribution in [3.63, 3.8) is 0 Å². The Morgan fingerprint density at radius 1 is 0.893 bits per heavy atom. The third-order valence-electron chi connectivity index (χ3n) is 4.26. The predicted octanol–water partition coefficient (Wildman–Crippen LogP) is 4.50. The second-order valence-electron chi connectivity index (χ2n) is 6.37. The van der Waals surface area contributed by atoms with Crippen molar-refractivity contribution < 1.29 is 9.18 Å². The number of amides is 1. The van der Waals surface area contributed by atoms with Crippen LogP contribution in [0.1, 0.15) is 21.6 Å². The number of hydrogen-bond acceptors (Lipinski definition) is 3. The average Bonchev–Trinajstić information content (AvgIpc) is 2.71. The number of aromatic nitrogens is 1. The summed E-state index contributed by atoms with van der Waals surface area (Å²) >= 11 is 5.88. The lowest BCUT2D eigenvalue weighted by atomic mass is 10.1. The number of rotatable bonds is 8. The maximum absolute atomic E-state index is 12.9. The van der Waals surface area contributed by atoms with Crippen molar-refractivity contribution in [2.45, 2.75) is 12.8 Å². The molecule has 0 saturated carbocycles. The van der Waals surface area contributed by atoms with Gasteiger partial charge in [0.25, 0.3) is 5.91 Å². The third kappa shape index (κ3) is 6.06. The van der Waals surface area contributed by atoms with Gasteiger partial charge in [0.1, 0.15) is 11.5 Å². The molecule has 0 spiro atoms. The zero-order valence-electron chi connectivity index (χ0n) is 15.3. The number of nitrogens with zero attached hydrogens (tertiary/aromatic N) is 1. The normalized spacial score (nSPS) is 10.5. The van der Waals surface area contributed by atoms with E-state index in [4.69, 9.17) is 11.6 Å². The highest BCUT2D eigenvalue weighted by Gasteiger charge is 2.06. The van der Waals surface area contributed by atoms with Gasteiger partial charge in [-0.2, -0.15) is 0 Å². The second kappa shape index (κ2) is 9.85. The molecule has 0 aliphatic carbocycles. The van der Waals surface area contributed by atoms with E-state index in [1.807, 2.05) is 30.3 Å². The number of nitrogens with one attached hydrogen (secondary N) is 2. The molecule has 0 radical (unpaired) electrons. The van der Waals surface area contributed by atoms with Crippen LogP contribution in [0.3, 0.4) is 0 Å². The molecular formula is C22H21ClFN3O. The molecule has 0 saturated heterocycles. The van der Waals surface area contributed by atoms with E-state index >= 15 is 0 Å². The van der Waals surface area contributed by atoms with Crippen LogP contribution >= 0.6 is 11.6 Å². The zero-order chi connectivity index (χ0) is 19.8. The van der Waals surface area contributed by atoms with Crippen molar-refractivity contribution in [3.8, 4) is 0 Å². The molecule has 3 aromatic rings. The van der Waals surface area contributed by atoms with Gasteiger partial charge >= 0.3 is 0 Å². The van der Waals surface area contributed by atoms with Crippen LogP contribution in [0, 0.1) is 5.82 Å². The first-order valence-electron chi connectivity index (χ1n) is 9.07. The number of carbonyl (C=O) groups excluding carboxylic acids is 1. The molecule has 6 heteroatoms. The Labute approximate surface area is 168 Å². The summed E-state index contributed by atoms with van der Waals surface area (Å²) in [6.07, 6.45) is 3.15. The summed E-state index contributed by atoms with van der Waals surface area (Å²) in [7, 11) is 0. The van der Waals surface area contributed by atoms with E-state index in [-0.39, 0.29) is 11.7 Å². The molecular weight excluding hydrogens is 377 g/mol. The summed E-state index contributed by atoms with van der Waals surface area (Å²) in [6.45, 7) is 1.22. The van der Waals surface area contributed by atoms with E-state index in [2.05, 4.69) is 15.6 Å². The third-order valence-corrected chi connectivity index (χ3v) is 4.52. The fourth-order valence-corrected chi connectivity index (χ4v) is 2.82. The second-order valence-corrected chi connectivity index (χ2v) is 6.80. The Morgan fingerprint density at radius 2 is 1.54 bits per heavy atom. The topological polar surface area (TPSA) is 54.0 Å². The van der Waals surface area contributed by atoms with Crippen LogP contribution in [0.4, 0.5) is 10.1 Å². The van der Waals surface area contributed by atoms with E-state index in [0.29, 0.717) is 18.7 Å². The maximum atomic E-state index is 12.9. The molecule has 0 aliphatic rings. The van der Waals surface area contributed by atoms with E-state index in [1.165, 1.54) is 17.7 Å². The predicted molar refractivity (Wildman–Crippen MR) is 110 cm³/mol. The Morgan fingerprint density at radius 3 is 2.18 bits per heavy atom. The maximum Gasteiger partial charge on any atom is 0.269 e. The van der Waals surface area contributed by atoms with Gasteiger partial charge in [-0.3, -0.25) is 4.79 Å². The Bertz CT molecular complexity index is 897. The molecule has 0 bridgehead atoms. The molecule has 2 aromatic carbocycles. The lowest BCUT2D eigenvalue weighted by molar-refractivity contribution is 0.0949. The van der Waals surface area contributed by atoms with Gasteiger partial charge in [-0.1, -0.05) is 35.9 Å². The van der Waals surface area contributed by atoms with Crippen LogP contribution in [0.25, 0.3) is 0 Å². The molecule has 0 atom stereocenters. The van der Waals surface area contributed by atoms with Gasteiger partial charge in [0.05, 0.1) is 11.9 Å². The van der Waals surface area contributed by atoms with Gasteiger partial charge in [-0.25, -0.2) is 9.37 Å². The molecule has 1 aromatic heterocycles. The molecule has 0 aliphatic heterocycles. The molecule has 144 valence electrons. The van der Waals surface area contributed by atoms with Gasteiger partial charge in [0.2, 0.25) is 0 Å². The minimum atomic E-state index is -0.265. The Balaban J connectivity index is 1.42. The summed E-state index contributed by atoms with van der Waals surface area (Å²) in [5.41, 5.74) is 3.39. The number of carbonyl (C=O) groups is 1. The molecule has 3 rings (SSSR count). The first-order valence-corrected chi connectivity index (χ1v) is 9.45. The zero-order valence-corrected chi connectivity index (χ0v) is 16.0.